The summed E-state index contributed by atoms with van der Waals surface area (Å²) in [4.78, 5) is 6.53. The van der Waals surface area contributed by atoms with Crippen LogP contribution in [0.5, 0.6) is 5.75 Å². The molecule has 0 saturated carbocycles. The second kappa shape index (κ2) is 4.50. The van der Waals surface area contributed by atoms with E-state index < -0.39 is 0 Å². The summed E-state index contributed by atoms with van der Waals surface area (Å²) in [5.41, 5.74) is 1.12. The van der Waals surface area contributed by atoms with Crippen molar-refractivity contribution in [3.05, 3.63) is 18.5 Å². The Kier molecular flexibility index (Phi) is 2.86. The number of fused-ring (bicyclic) bond motifs is 2. The molecule has 2 bridgehead atoms. The summed E-state index contributed by atoms with van der Waals surface area (Å²) >= 11 is 0. The molecule has 2 aliphatic heterocycles. The van der Waals surface area contributed by atoms with Crippen molar-refractivity contribution in [2.75, 3.05) is 38.2 Å². The molecule has 5 heteroatoms. The maximum atomic E-state index is 5.87. The van der Waals surface area contributed by atoms with Gasteiger partial charge in [0.25, 0.3) is 0 Å². The van der Waals surface area contributed by atoms with Crippen molar-refractivity contribution in [1.29, 1.82) is 0 Å². The summed E-state index contributed by atoms with van der Waals surface area (Å²) < 4.78 is 11.1. The van der Waals surface area contributed by atoms with Gasteiger partial charge >= 0.3 is 0 Å². The standard InChI is InChI=1S/C12H17N3O2/c1-16-10-2-9(3-13-4-10)15-7-11-5-14-6-12(8-15)17-11/h2-4,11-12,14H,5-8H2,1H3. The van der Waals surface area contributed by atoms with Crippen LogP contribution in [0.3, 0.4) is 0 Å². The Morgan fingerprint density at radius 1 is 1.35 bits per heavy atom. The molecule has 17 heavy (non-hydrogen) atoms. The minimum absolute atomic E-state index is 0.286. The van der Waals surface area contributed by atoms with E-state index in [2.05, 4.69) is 15.2 Å². The quantitative estimate of drug-likeness (QED) is 0.797. The zero-order valence-corrected chi connectivity index (χ0v) is 9.93. The molecule has 3 heterocycles. The van der Waals surface area contributed by atoms with Crippen LogP contribution in [0.4, 0.5) is 5.69 Å². The van der Waals surface area contributed by atoms with Gasteiger partial charge in [-0.05, 0) is 0 Å². The molecule has 1 N–H and O–H groups in total. The number of nitrogens with one attached hydrogen (secondary N) is 1. The molecule has 0 radical (unpaired) electrons. The second-order valence-electron chi connectivity index (χ2n) is 4.53. The summed E-state index contributed by atoms with van der Waals surface area (Å²) in [6, 6.07) is 2.03. The molecule has 2 fully saturated rings. The molecule has 2 unspecified atom stereocenters. The third-order valence-corrected chi connectivity index (χ3v) is 3.28. The van der Waals surface area contributed by atoms with E-state index in [1.807, 2.05) is 12.3 Å². The zero-order chi connectivity index (χ0) is 11.7. The van der Waals surface area contributed by atoms with Gasteiger partial charge in [0.15, 0.2) is 0 Å². The number of ether oxygens (including phenoxy) is 2. The molecular weight excluding hydrogens is 218 g/mol. The summed E-state index contributed by atoms with van der Waals surface area (Å²) in [5, 5.41) is 3.39. The third kappa shape index (κ3) is 2.21. The van der Waals surface area contributed by atoms with Crippen LogP contribution in [0.1, 0.15) is 0 Å². The van der Waals surface area contributed by atoms with Gasteiger partial charge in [-0.1, -0.05) is 0 Å². The van der Waals surface area contributed by atoms with E-state index in [1.54, 1.807) is 13.3 Å². The number of pyridine rings is 1. The predicted molar refractivity (Wildman–Crippen MR) is 64.5 cm³/mol. The van der Waals surface area contributed by atoms with Gasteiger partial charge in [-0.25, -0.2) is 0 Å². The van der Waals surface area contributed by atoms with Crippen LogP contribution in [-0.4, -0.2) is 50.5 Å². The summed E-state index contributed by atoms with van der Waals surface area (Å²) in [6.45, 7) is 3.70. The fraction of sp³-hybridized carbons (Fsp3) is 0.583. The first-order chi connectivity index (χ1) is 8.35. The first-order valence-electron chi connectivity index (χ1n) is 5.95. The van der Waals surface area contributed by atoms with Gasteiger partial charge in [-0.15, -0.1) is 0 Å². The normalized spacial score (nSPS) is 27.9. The Hall–Kier alpha value is -1.33. The highest BCUT2D eigenvalue weighted by molar-refractivity contribution is 5.48. The lowest BCUT2D eigenvalue weighted by Gasteiger charge is -2.42. The molecule has 1 aromatic heterocycles. The number of hydrogen-bond donors (Lipinski definition) is 1. The molecule has 0 spiro atoms. The van der Waals surface area contributed by atoms with Gasteiger partial charge in [-0.2, -0.15) is 0 Å². The van der Waals surface area contributed by atoms with Crippen LogP contribution < -0.4 is 15.0 Å². The number of anilines is 1. The highest BCUT2D eigenvalue weighted by Crippen LogP contribution is 2.24. The Bertz CT molecular complexity index is 387. The Morgan fingerprint density at radius 2 is 2.12 bits per heavy atom. The van der Waals surface area contributed by atoms with E-state index in [0.717, 1.165) is 37.6 Å². The van der Waals surface area contributed by atoms with Crippen LogP contribution in [0.25, 0.3) is 0 Å². The van der Waals surface area contributed by atoms with Gasteiger partial charge in [-0.3, -0.25) is 4.98 Å². The van der Waals surface area contributed by atoms with Crippen LogP contribution >= 0.6 is 0 Å². The molecule has 0 aliphatic carbocycles. The van der Waals surface area contributed by atoms with E-state index in [-0.39, 0.29) is 12.2 Å². The maximum Gasteiger partial charge on any atom is 0.139 e. The Labute approximate surface area is 101 Å². The molecular formula is C12H17N3O2. The van der Waals surface area contributed by atoms with Crippen LogP contribution in [0, 0.1) is 0 Å². The third-order valence-electron chi connectivity index (χ3n) is 3.28. The molecule has 92 valence electrons. The van der Waals surface area contributed by atoms with Crippen molar-refractivity contribution >= 4 is 5.69 Å². The number of morpholine rings is 2. The molecule has 0 amide bonds. The molecule has 3 rings (SSSR count). The lowest BCUT2D eigenvalue weighted by molar-refractivity contribution is -0.0484. The summed E-state index contributed by atoms with van der Waals surface area (Å²) in [7, 11) is 1.67. The first-order valence-corrected chi connectivity index (χ1v) is 5.95. The molecule has 2 saturated heterocycles. The van der Waals surface area contributed by atoms with Crippen molar-refractivity contribution in [1.82, 2.24) is 10.3 Å². The first kappa shape index (κ1) is 10.8. The number of hydrogen-bond acceptors (Lipinski definition) is 5. The number of methoxy groups -OCH3 is 1. The SMILES string of the molecule is COc1cncc(N2CC3CNCC(C2)O3)c1. The van der Waals surface area contributed by atoms with Gasteiger partial charge in [0.1, 0.15) is 5.75 Å². The van der Waals surface area contributed by atoms with Crippen LogP contribution in [-0.2, 0) is 4.74 Å². The Balaban J connectivity index is 1.79. The fourth-order valence-corrected chi connectivity index (χ4v) is 2.46. The van der Waals surface area contributed by atoms with E-state index in [4.69, 9.17) is 9.47 Å². The average Bonchev–Trinajstić information content (AvgIpc) is 2.38. The second-order valence-corrected chi connectivity index (χ2v) is 4.53. The minimum Gasteiger partial charge on any atom is -0.495 e. The predicted octanol–water partition coefficient (Wildman–Crippen LogP) is 0.267. The van der Waals surface area contributed by atoms with E-state index in [1.165, 1.54) is 0 Å². The zero-order valence-electron chi connectivity index (χ0n) is 9.93. The van der Waals surface area contributed by atoms with Gasteiger partial charge in [0, 0.05) is 32.2 Å². The molecule has 2 aliphatic rings. The van der Waals surface area contributed by atoms with Crippen LogP contribution in [0.15, 0.2) is 18.5 Å². The topological polar surface area (TPSA) is 46.6 Å². The molecule has 1 aromatic rings. The lowest BCUT2D eigenvalue weighted by Crippen LogP contribution is -2.58. The maximum absolute atomic E-state index is 5.87. The van der Waals surface area contributed by atoms with Crippen LogP contribution in [0.2, 0.25) is 0 Å². The van der Waals surface area contributed by atoms with Crippen molar-refractivity contribution in [2.24, 2.45) is 0 Å². The molecule has 2 atom stereocenters. The minimum atomic E-state index is 0.286. The van der Waals surface area contributed by atoms with Crippen molar-refractivity contribution in [3.8, 4) is 5.75 Å². The average molecular weight is 235 g/mol. The highest BCUT2D eigenvalue weighted by atomic mass is 16.5. The van der Waals surface area contributed by atoms with Crippen molar-refractivity contribution in [2.45, 2.75) is 12.2 Å². The van der Waals surface area contributed by atoms with E-state index >= 15 is 0 Å². The fourth-order valence-electron chi connectivity index (χ4n) is 2.46. The number of rotatable bonds is 2. The van der Waals surface area contributed by atoms with E-state index in [0.29, 0.717) is 0 Å². The molecule has 5 nitrogen and oxygen atoms in total. The highest BCUT2D eigenvalue weighted by Gasteiger charge is 2.31. The number of nitrogens with zero attached hydrogens (tertiary/aromatic N) is 2. The van der Waals surface area contributed by atoms with Gasteiger partial charge in [0.05, 0.1) is 37.4 Å². The Morgan fingerprint density at radius 3 is 2.82 bits per heavy atom. The summed E-state index contributed by atoms with van der Waals surface area (Å²) in [6.07, 6.45) is 4.19. The largest absolute Gasteiger partial charge is 0.495 e. The van der Waals surface area contributed by atoms with Gasteiger partial charge < -0.3 is 19.7 Å². The molecule has 0 aromatic carbocycles. The van der Waals surface area contributed by atoms with Crippen molar-refractivity contribution < 1.29 is 9.47 Å². The van der Waals surface area contributed by atoms with Gasteiger partial charge in [0.2, 0.25) is 0 Å². The smallest absolute Gasteiger partial charge is 0.139 e. The van der Waals surface area contributed by atoms with Crippen molar-refractivity contribution in [3.63, 3.8) is 0 Å². The number of aromatic nitrogens is 1. The lowest BCUT2D eigenvalue weighted by atomic mass is 10.1. The van der Waals surface area contributed by atoms with E-state index in [9.17, 15) is 0 Å². The summed E-state index contributed by atoms with van der Waals surface area (Å²) in [5.74, 6) is 0.803. The monoisotopic (exact) mass is 235 g/mol.